The Morgan fingerprint density at radius 2 is 1.56 bits per heavy atom. The number of hydrogen-bond acceptors (Lipinski definition) is 0. The highest BCUT2D eigenvalue weighted by Crippen LogP contribution is 2.39. The lowest BCUT2D eigenvalue weighted by molar-refractivity contribution is 0.628. The van der Waals surface area contributed by atoms with Crippen LogP contribution in [-0.2, 0) is 5.88 Å². The molecule has 18 heavy (non-hydrogen) atoms. The number of halogens is 5. The first-order valence-electron chi connectivity index (χ1n) is 5.02. The van der Waals surface area contributed by atoms with Crippen molar-refractivity contribution in [1.29, 1.82) is 0 Å². The fourth-order valence-electron chi connectivity index (χ4n) is 1.70. The SMILES string of the molecule is Fc1ccc(CCl)c(-c2c(Cl)cc(Cl)cc2Cl)c1. The number of rotatable bonds is 2. The molecule has 5 heteroatoms. The molecule has 0 aliphatic rings. The zero-order valence-electron chi connectivity index (χ0n) is 8.98. The monoisotopic (exact) mass is 322 g/mol. The Hall–Kier alpha value is -0.470. The van der Waals surface area contributed by atoms with E-state index in [2.05, 4.69) is 0 Å². The molecule has 0 radical (unpaired) electrons. The third-order valence-electron chi connectivity index (χ3n) is 2.49. The van der Waals surface area contributed by atoms with Crippen LogP contribution in [0, 0.1) is 5.82 Å². The maximum absolute atomic E-state index is 13.4. The number of benzene rings is 2. The number of hydrogen-bond donors (Lipinski definition) is 0. The van der Waals surface area contributed by atoms with Gasteiger partial charge in [-0.1, -0.05) is 40.9 Å². The van der Waals surface area contributed by atoms with Crippen LogP contribution in [0.2, 0.25) is 15.1 Å². The highest BCUT2D eigenvalue weighted by molar-refractivity contribution is 6.41. The summed E-state index contributed by atoms with van der Waals surface area (Å²) in [7, 11) is 0. The largest absolute Gasteiger partial charge is 0.207 e. The van der Waals surface area contributed by atoms with E-state index in [1.807, 2.05) is 0 Å². The highest BCUT2D eigenvalue weighted by atomic mass is 35.5. The van der Waals surface area contributed by atoms with Gasteiger partial charge in [0.2, 0.25) is 0 Å². The van der Waals surface area contributed by atoms with Crippen LogP contribution in [0.5, 0.6) is 0 Å². The first-order chi connectivity index (χ1) is 8.52. The maximum Gasteiger partial charge on any atom is 0.123 e. The van der Waals surface area contributed by atoms with Crippen molar-refractivity contribution in [3.05, 3.63) is 56.8 Å². The van der Waals surface area contributed by atoms with E-state index in [0.29, 0.717) is 26.2 Å². The van der Waals surface area contributed by atoms with Crippen molar-refractivity contribution < 1.29 is 4.39 Å². The number of alkyl halides is 1. The zero-order chi connectivity index (χ0) is 13.3. The smallest absolute Gasteiger partial charge is 0.123 e. The molecule has 0 aliphatic heterocycles. The fraction of sp³-hybridized carbons (Fsp3) is 0.0769. The average Bonchev–Trinajstić information content (AvgIpc) is 2.28. The zero-order valence-corrected chi connectivity index (χ0v) is 12.0. The first kappa shape index (κ1) is 14.0. The van der Waals surface area contributed by atoms with Crippen molar-refractivity contribution in [2.45, 2.75) is 5.88 Å². The average molecular weight is 324 g/mol. The Morgan fingerprint density at radius 1 is 0.944 bits per heavy atom. The molecule has 0 bridgehead atoms. The van der Waals surface area contributed by atoms with Crippen molar-refractivity contribution in [3.8, 4) is 11.1 Å². The van der Waals surface area contributed by atoms with Crippen LogP contribution < -0.4 is 0 Å². The van der Waals surface area contributed by atoms with Gasteiger partial charge in [0.1, 0.15) is 5.82 Å². The van der Waals surface area contributed by atoms with E-state index in [9.17, 15) is 4.39 Å². The molecule has 2 aromatic rings. The summed E-state index contributed by atoms with van der Waals surface area (Å²) in [6.07, 6.45) is 0. The second kappa shape index (κ2) is 5.66. The molecule has 94 valence electrons. The van der Waals surface area contributed by atoms with Gasteiger partial charge in [-0.05, 0) is 35.4 Å². The van der Waals surface area contributed by atoms with Gasteiger partial charge in [0.15, 0.2) is 0 Å². The second-order valence-electron chi connectivity index (χ2n) is 3.68. The summed E-state index contributed by atoms with van der Waals surface area (Å²) in [5.41, 5.74) is 1.87. The Kier molecular flexibility index (Phi) is 4.39. The van der Waals surface area contributed by atoms with Crippen molar-refractivity contribution >= 4 is 46.4 Å². The molecule has 2 rings (SSSR count). The lowest BCUT2D eigenvalue weighted by atomic mass is 10.0. The van der Waals surface area contributed by atoms with Gasteiger partial charge in [0, 0.05) is 16.5 Å². The van der Waals surface area contributed by atoms with Crippen LogP contribution >= 0.6 is 46.4 Å². The van der Waals surface area contributed by atoms with E-state index in [-0.39, 0.29) is 11.7 Å². The molecule has 0 atom stereocenters. The van der Waals surface area contributed by atoms with Gasteiger partial charge in [0.25, 0.3) is 0 Å². The van der Waals surface area contributed by atoms with Crippen molar-refractivity contribution in [1.82, 2.24) is 0 Å². The van der Waals surface area contributed by atoms with Crippen molar-refractivity contribution in [3.63, 3.8) is 0 Å². The molecule has 0 saturated heterocycles. The van der Waals surface area contributed by atoms with Crippen LogP contribution in [0.15, 0.2) is 30.3 Å². The Bertz CT molecular complexity index is 573. The van der Waals surface area contributed by atoms with Crippen molar-refractivity contribution in [2.24, 2.45) is 0 Å². The van der Waals surface area contributed by atoms with Crippen LogP contribution in [0.4, 0.5) is 4.39 Å². The highest BCUT2D eigenvalue weighted by Gasteiger charge is 2.14. The molecule has 0 heterocycles. The fourth-order valence-corrected chi connectivity index (χ4v) is 2.95. The minimum Gasteiger partial charge on any atom is -0.207 e. The van der Waals surface area contributed by atoms with E-state index in [4.69, 9.17) is 46.4 Å². The lowest BCUT2D eigenvalue weighted by Gasteiger charge is -2.12. The van der Waals surface area contributed by atoms with E-state index < -0.39 is 0 Å². The molecule has 0 unspecified atom stereocenters. The summed E-state index contributed by atoms with van der Waals surface area (Å²) in [5.74, 6) is -0.133. The topological polar surface area (TPSA) is 0 Å². The molecule has 0 amide bonds. The summed E-state index contributed by atoms with van der Waals surface area (Å²) in [4.78, 5) is 0. The minimum atomic E-state index is -0.374. The molecular weight excluding hydrogens is 317 g/mol. The van der Waals surface area contributed by atoms with Gasteiger partial charge < -0.3 is 0 Å². The van der Waals surface area contributed by atoms with Gasteiger partial charge in [-0.15, -0.1) is 11.6 Å². The molecule has 0 N–H and O–H groups in total. The Balaban J connectivity index is 2.72. The molecule has 0 aliphatic carbocycles. The van der Waals surface area contributed by atoms with E-state index in [1.165, 1.54) is 12.1 Å². The lowest BCUT2D eigenvalue weighted by Crippen LogP contribution is -1.90. The molecule has 0 fully saturated rings. The van der Waals surface area contributed by atoms with Gasteiger partial charge in [-0.25, -0.2) is 4.39 Å². The summed E-state index contributed by atoms with van der Waals surface area (Å²) >= 11 is 23.9. The third-order valence-corrected chi connectivity index (χ3v) is 3.59. The van der Waals surface area contributed by atoms with Gasteiger partial charge >= 0.3 is 0 Å². The predicted octanol–water partition coefficient (Wildman–Crippen LogP) is 6.19. The molecule has 0 saturated carbocycles. The minimum absolute atomic E-state index is 0.241. The molecular formula is C13H7Cl4F. The van der Waals surface area contributed by atoms with Gasteiger partial charge in [-0.3, -0.25) is 0 Å². The summed E-state index contributed by atoms with van der Waals surface area (Å²) in [6, 6.07) is 7.44. The predicted molar refractivity (Wildman–Crippen MR) is 76.4 cm³/mol. The van der Waals surface area contributed by atoms with Crippen molar-refractivity contribution in [2.75, 3.05) is 0 Å². The van der Waals surface area contributed by atoms with Crippen LogP contribution in [-0.4, -0.2) is 0 Å². The van der Waals surface area contributed by atoms with Crippen LogP contribution in [0.3, 0.4) is 0 Å². The van der Waals surface area contributed by atoms with Crippen LogP contribution in [0.1, 0.15) is 5.56 Å². The summed E-state index contributed by atoms with van der Waals surface area (Å²) in [6.45, 7) is 0. The molecule has 0 nitrogen and oxygen atoms in total. The Morgan fingerprint density at radius 3 is 2.11 bits per heavy atom. The second-order valence-corrected chi connectivity index (χ2v) is 5.20. The van der Waals surface area contributed by atoms with Gasteiger partial charge in [-0.2, -0.15) is 0 Å². The first-order valence-corrected chi connectivity index (χ1v) is 6.69. The maximum atomic E-state index is 13.4. The third kappa shape index (κ3) is 2.75. The standard InChI is InChI=1S/C13H7Cl4F/c14-6-7-1-2-9(18)5-10(7)13-11(16)3-8(15)4-12(13)17/h1-5H,6H2. The molecule has 0 spiro atoms. The Labute approximate surface area is 124 Å². The van der Waals surface area contributed by atoms with E-state index in [1.54, 1.807) is 18.2 Å². The quantitative estimate of drug-likeness (QED) is 0.578. The molecule has 0 aromatic heterocycles. The van der Waals surface area contributed by atoms with E-state index >= 15 is 0 Å². The summed E-state index contributed by atoms with van der Waals surface area (Å²) < 4.78 is 13.4. The summed E-state index contributed by atoms with van der Waals surface area (Å²) in [5, 5.41) is 1.16. The van der Waals surface area contributed by atoms with E-state index in [0.717, 1.165) is 5.56 Å². The molecule has 2 aromatic carbocycles. The van der Waals surface area contributed by atoms with Gasteiger partial charge in [0.05, 0.1) is 10.0 Å². The van der Waals surface area contributed by atoms with Crippen LogP contribution in [0.25, 0.3) is 11.1 Å². The normalized spacial score (nSPS) is 10.7.